The molecule has 0 aliphatic rings. The van der Waals surface area contributed by atoms with E-state index >= 15 is 0 Å². The fraction of sp³-hybridized carbons (Fsp3) is 0.889. The van der Waals surface area contributed by atoms with Crippen LogP contribution in [-0.2, 0) is 9.53 Å². The van der Waals surface area contributed by atoms with E-state index in [4.69, 9.17) is 10.5 Å². The molecule has 4 nitrogen and oxygen atoms in total. The summed E-state index contributed by atoms with van der Waals surface area (Å²) in [6.07, 6.45) is 0.0802. The second-order valence-corrected chi connectivity index (χ2v) is 4.13. The molecule has 0 fully saturated rings. The summed E-state index contributed by atoms with van der Waals surface area (Å²) in [4.78, 5) is 11.1. The quantitative estimate of drug-likeness (QED) is 0.650. The Hall–Kier alpha value is -0.610. The fourth-order valence-corrected chi connectivity index (χ4v) is 0.620. The molecule has 1 amide bonds. The molecule has 0 bridgehead atoms. The zero-order valence-electron chi connectivity index (χ0n) is 8.89. The highest BCUT2D eigenvalue weighted by molar-refractivity contribution is 5.77. The lowest BCUT2D eigenvalue weighted by atomic mass is 10.1. The van der Waals surface area contributed by atoms with Crippen LogP contribution < -0.4 is 11.1 Å². The van der Waals surface area contributed by atoms with Crippen molar-refractivity contribution >= 4 is 5.91 Å². The van der Waals surface area contributed by atoms with E-state index in [0.717, 1.165) is 0 Å². The highest BCUT2D eigenvalue weighted by Crippen LogP contribution is 1.93. The van der Waals surface area contributed by atoms with Gasteiger partial charge < -0.3 is 15.8 Å². The van der Waals surface area contributed by atoms with Gasteiger partial charge in [0, 0.05) is 12.1 Å². The van der Waals surface area contributed by atoms with Gasteiger partial charge in [-0.05, 0) is 27.7 Å². The molecule has 0 radical (unpaired) electrons. The summed E-state index contributed by atoms with van der Waals surface area (Å²) in [6.45, 7) is 8.06. The molecule has 0 saturated heterocycles. The minimum Gasteiger partial charge on any atom is -0.369 e. The molecule has 0 rings (SSSR count). The SMILES string of the molecule is CC(C)OCC(=O)NCC(C)(C)N. The van der Waals surface area contributed by atoms with Gasteiger partial charge in [0.25, 0.3) is 0 Å². The minimum atomic E-state index is -0.368. The smallest absolute Gasteiger partial charge is 0.246 e. The molecule has 4 heteroatoms. The van der Waals surface area contributed by atoms with E-state index in [1.54, 1.807) is 0 Å². The molecule has 0 aliphatic heterocycles. The predicted octanol–water partition coefficient (Wildman–Crippen LogP) is 0.265. The summed E-state index contributed by atoms with van der Waals surface area (Å²) in [5.41, 5.74) is 5.32. The molecule has 0 atom stereocenters. The number of amides is 1. The van der Waals surface area contributed by atoms with Crippen molar-refractivity contribution in [2.75, 3.05) is 13.2 Å². The fourth-order valence-electron chi connectivity index (χ4n) is 0.620. The molecule has 0 aliphatic carbocycles. The number of nitrogens with two attached hydrogens (primary N) is 1. The molecule has 13 heavy (non-hydrogen) atoms. The Labute approximate surface area is 79.8 Å². The van der Waals surface area contributed by atoms with Gasteiger partial charge in [-0.1, -0.05) is 0 Å². The van der Waals surface area contributed by atoms with E-state index in [1.165, 1.54) is 0 Å². The lowest BCUT2D eigenvalue weighted by molar-refractivity contribution is -0.127. The molecule has 0 spiro atoms. The largest absolute Gasteiger partial charge is 0.369 e. The van der Waals surface area contributed by atoms with Gasteiger partial charge in [-0.25, -0.2) is 0 Å². The van der Waals surface area contributed by atoms with Gasteiger partial charge in [0.2, 0.25) is 5.91 Å². The minimum absolute atomic E-state index is 0.0802. The second kappa shape index (κ2) is 5.19. The number of nitrogens with one attached hydrogen (secondary N) is 1. The van der Waals surface area contributed by atoms with Crippen LogP contribution >= 0.6 is 0 Å². The first-order valence-corrected chi connectivity index (χ1v) is 4.48. The molecule has 0 aromatic carbocycles. The number of hydrogen-bond acceptors (Lipinski definition) is 3. The standard InChI is InChI=1S/C9H20N2O2/c1-7(2)13-5-8(12)11-6-9(3,4)10/h7H,5-6,10H2,1-4H3,(H,11,12). The summed E-state index contributed by atoms with van der Waals surface area (Å²) >= 11 is 0. The number of carbonyl (C=O) groups is 1. The van der Waals surface area contributed by atoms with Crippen LogP contribution in [0.4, 0.5) is 0 Å². The normalized spacial score (nSPS) is 11.8. The van der Waals surface area contributed by atoms with E-state index in [9.17, 15) is 4.79 Å². The van der Waals surface area contributed by atoms with E-state index in [-0.39, 0.29) is 24.2 Å². The summed E-state index contributed by atoms with van der Waals surface area (Å²) < 4.78 is 5.12. The van der Waals surface area contributed by atoms with Crippen LogP contribution in [0.25, 0.3) is 0 Å². The van der Waals surface area contributed by atoms with Gasteiger partial charge in [-0.15, -0.1) is 0 Å². The Kier molecular flexibility index (Phi) is 4.95. The second-order valence-electron chi connectivity index (χ2n) is 4.13. The van der Waals surface area contributed by atoms with Crippen LogP contribution in [0.3, 0.4) is 0 Å². The van der Waals surface area contributed by atoms with Crippen molar-refractivity contribution in [2.45, 2.75) is 39.3 Å². The van der Waals surface area contributed by atoms with Crippen molar-refractivity contribution in [3.63, 3.8) is 0 Å². The van der Waals surface area contributed by atoms with Crippen LogP contribution in [0, 0.1) is 0 Å². The molecular formula is C9H20N2O2. The van der Waals surface area contributed by atoms with Crippen LogP contribution in [0.1, 0.15) is 27.7 Å². The third kappa shape index (κ3) is 9.30. The zero-order valence-corrected chi connectivity index (χ0v) is 8.89. The van der Waals surface area contributed by atoms with E-state index in [2.05, 4.69) is 5.32 Å². The molecule has 78 valence electrons. The van der Waals surface area contributed by atoms with E-state index < -0.39 is 0 Å². The Morgan fingerprint density at radius 2 is 2.08 bits per heavy atom. The first-order valence-electron chi connectivity index (χ1n) is 4.48. The molecule has 0 aromatic heterocycles. The Morgan fingerprint density at radius 3 is 2.46 bits per heavy atom. The van der Waals surface area contributed by atoms with Gasteiger partial charge in [0.05, 0.1) is 6.10 Å². The average molecular weight is 188 g/mol. The van der Waals surface area contributed by atoms with Crippen molar-refractivity contribution in [1.29, 1.82) is 0 Å². The number of ether oxygens (including phenoxy) is 1. The first-order chi connectivity index (χ1) is 5.81. The molecule has 0 aromatic rings. The van der Waals surface area contributed by atoms with Crippen LogP contribution in [0.2, 0.25) is 0 Å². The number of hydrogen-bond donors (Lipinski definition) is 2. The van der Waals surface area contributed by atoms with Crippen LogP contribution in [-0.4, -0.2) is 30.7 Å². The zero-order chi connectivity index (χ0) is 10.5. The number of rotatable bonds is 5. The van der Waals surface area contributed by atoms with Gasteiger partial charge in [-0.2, -0.15) is 0 Å². The van der Waals surface area contributed by atoms with Gasteiger partial charge in [-0.3, -0.25) is 4.79 Å². The Morgan fingerprint density at radius 1 is 1.54 bits per heavy atom. The van der Waals surface area contributed by atoms with E-state index in [0.29, 0.717) is 6.54 Å². The highest BCUT2D eigenvalue weighted by Gasteiger charge is 2.12. The van der Waals surface area contributed by atoms with Gasteiger partial charge in [0.15, 0.2) is 0 Å². The monoisotopic (exact) mass is 188 g/mol. The molecule has 0 unspecified atom stereocenters. The summed E-state index contributed by atoms with van der Waals surface area (Å²) in [7, 11) is 0. The molecule has 0 saturated carbocycles. The molecule has 0 heterocycles. The lowest BCUT2D eigenvalue weighted by Crippen LogP contribution is -2.46. The maximum Gasteiger partial charge on any atom is 0.246 e. The third-order valence-electron chi connectivity index (χ3n) is 1.29. The maximum atomic E-state index is 11.1. The van der Waals surface area contributed by atoms with Crippen LogP contribution in [0.5, 0.6) is 0 Å². The van der Waals surface area contributed by atoms with Crippen molar-refractivity contribution in [2.24, 2.45) is 5.73 Å². The first kappa shape index (κ1) is 12.4. The van der Waals surface area contributed by atoms with Gasteiger partial charge >= 0.3 is 0 Å². The van der Waals surface area contributed by atoms with E-state index in [1.807, 2.05) is 27.7 Å². The molecule has 3 N–H and O–H groups in total. The van der Waals surface area contributed by atoms with Crippen molar-refractivity contribution < 1.29 is 9.53 Å². The summed E-state index contributed by atoms with van der Waals surface area (Å²) in [5, 5.41) is 2.69. The predicted molar refractivity (Wildman–Crippen MR) is 52.4 cm³/mol. The van der Waals surface area contributed by atoms with Crippen LogP contribution in [0.15, 0.2) is 0 Å². The summed E-state index contributed by atoms with van der Waals surface area (Å²) in [5.74, 6) is -0.118. The summed E-state index contributed by atoms with van der Waals surface area (Å²) in [6, 6.07) is 0. The lowest BCUT2D eigenvalue weighted by Gasteiger charge is -2.19. The average Bonchev–Trinajstić information content (AvgIpc) is 1.95. The van der Waals surface area contributed by atoms with Crippen molar-refractivity contribution in [3.05, 3.63) is 0 Å². The number of carbonyl (C=O) groups excluding carboxylic acids is 1. The third-order valence-corrected chi connectivity index (χ3v) is 1.29. The Bertz CT molecular complexity index is 161. The maximum absolute atomic E-state index is 11.1. The highest BCUT2D eigenvalue weighted by atomic mass is 16.5. The van der Waals surface area contributed by atoms with Crippen molar-refractivity contribution in [1.82, 2.24) is 5.32 Å². The van der Waals surface area contributed by atoms with Gasteiger partial charge in [0.1, 0.15) is 6.61 Å². The van der Waals surface area contributed by atoms with Crippen molar-refractivity contribution in [3.8, 4) is 0 Å². The Balaban J connectivity index is 3.53. The topological polar surface area (TPSA) is 64.3 Å². The molecular weight excluding hydrogens is 168 g/mol.